The highest BCUT2D eigenvalue weighted by Gasteiger charge is 2.36. The molecule has 1 aliphatic rings. The smallest absolute Gasteiger partial charge is 0.143 e. The van der Waals surface area contributed by atoms with Gasteiger partial charge in [0, 0.05) is 38.1 Å². The van der Waals surface area contributed by atoms with Crippen LogP contribution < -0.4 is 0 Å². The quantitative estimate of drug-likeness (QED) is 0.224. The molecule has 8 aromatic rings. The van der Waals surface area contributed by atoms with E-state index in [1.807, 2.05) is 24.3 Å². The summed E-state index contributed by atoms with van der Waals surface area (Å²) in [7, 11) is 0. The van der Waals surface area contributed by atoms with Crippen LogP contribution in [0.5, 0.6) is 0 Å². The largest absolute Gasteiger partial charge is 0.455 e. The minimum Gasteiger partial charge on any atom is -0.455 e. The Kier molecular flexibility index (Phi) is 4.42. The van der Waals surface area contributed by atoms with Gasteiger partial charge in [-0.15, -0.1) is 0 Å². The van der Waals surface area contributed by atoms with E-state index < -0.39 is 0 Å². The van der Waals surface area contributed by atoms with E-state index in [0.717, 1.165) is 55.0 Å². The van der Waals surface area contributed by atoms with Gasteiger partial charge in [-0.3, -0.25) is 0 Å². The molecule has 41 heavy (non-hydrogen) atoms. The van der Waals surface area contributed by atoms with Crippen molar-refractivity contribution < 1.29 is 8.83 Å². The molecule has 194 valence electrons. The summed E-state index contributed by atoms with van der Waals surface area (Å²) in [4.78, 5) is 0. The number of para-hydroxylation sites is 4. The highest BCUT2D eigenvalue weighted by Crippen LogP contribution is 2.51. The van der Waals surface area contributed by atoms with Crippen LogP contribution in [0, 0.1) is 0 Å². The summed E-state index contributed by atoms with van der Waals surface area (Å²) in [6.45, 7) is 4.68. The third-order valence-electron chi connectivity index (χ3n) is 9.11. The summed E-state index contributed by atoms with van der Waals surface area (Å²) < 4.78 is 12.8. The molecule has 0 saturated carbocycles. The maximum absolute atomic E-state index is 6.38. The van der Waals surface area contributed by atoms with Crippen LogP contribution in [0.15, 0.2) is 130 Å². The van der Waals surface area contributed by atoms with Crippen molar-refractivity contribution in [1.29, 1.82) is 0 Å². The maximum Gasteiger partial charge on any atom is 0.143 e. The average molecular weight is 527 g/mol. The molecule has 0 atom stereocenters. The van der Waals surface area contributed by atoms with E-state index in [1.54, 1.807) is 0 Å². The fourth-order valence-corrected chi connectivity index (χ4v) is 7.02. The van der Waals surface area contributed by atoms with Gasteiger partial charge in [-0.1, -0.05) is 111 Å². The van der Waals surface area contributed by atoms with Gasteiger partial charge in [0.2, 0.25) is 0 Å². The van der Waals surface area contributed by atoms with E-state index in [9.17, 15) is 0 Å². The fourth-order valence-electron chi connectivity index (χ4n) is 7.02. The lowest BCUT2D eigenvalue weighted by atomic mass is 9.80. The minimum absolute atomic E-state index is 0.153. The molecule has 6 aromatic carbocycles. The average Bonchev–Trinajstić information content (AvgIpc) is 3.65. The Hall–Kier alpha value is -5.08. The minimum atomic E-state index is -0.153. The van der Waals surface area contributed by atoms with Crippen LogP contribution in [0.25, 0.3) is 77.3 Å². The van der Waals surface area contributed by atoms with Gasteiger partial charge in [-0.25, -0.2) is 0 Å². The first-order valence-corrected chi connectivity index (χ1v) is 14.2. The Morgan fingerprint density at radius 3 is 1.34 bits per heavy atom. The molecule has 9 rings (SSSR count). The molecule has 0 amide bonds. The molecular formula is C39H26O2. The third kappa shape index (κ3) is 3.08. The Morgan fingerprint density at radius 1 is 0.415 bits per heavy atom. The van der Waals surface area contributed by atoms with Gasteiger partial charge in [0.25, 0.3) is 0 Å². The number of fused-ring (bicyclic) bond motifs is 9. The highest BCUT2D eigenvalue weighted by atomic mass is 16.3. The van der Waals surface area contributed by atoms with Crippen LogP contribution in [-0.4, -0.2) is 0 Å². The van der Waals surface area contributed by atoms with Crippen LogP contribution in [0.1, 0.15) is 25.0 Å². The van der Waals surface area contributed by atoms with E-state index in [1.165, 1.54) is 33.4 Å². The van der Waals surface area contributed by atoms with E-state index in [-0.39, 0.29) is 5.41 Å². The molecular weight excluding hydrogens is 500 g/mol. The standard InChI is InChI=1S/C39H26O2/c1-39(2)33-21-23(25-11-7-13-31-29-9-3-5-15-35(29)40-37(25)31)17-19-27(33)28-20-18-24(22-34(28)39)26-12-8-14-32-30-10-4-6-16-36(30)41-38(26)32/h3-22H,1-2H3. The molecule has 0 bridgehead atoms. The van der Waals surface area contributed by atoms with Crippen molar-refractivity contribution >= 4 is 43.9 Å². The topological polar surface area (TPSA) is 26.3 Å². The molecule has 0 fully saturated rings. The van der Waals surface area contributed by atoms with Gasteiger partial charge < -0.3 is 8.83 Å². The third-order valence-corrected chi connectivity index (χ3v) is 9.11. The summed E-state index contributed by atoms with van der Waals surface area (Å²) in [6.07, 6.45) is 0. The van der Waals surface area contributed by atoms with Crippen molar-refractivity contribution in [3.8, 4) is 33.4 Å². The Bertz CT molecular complexity index is 2180. The van der Waals surface area contributed by atoms with Gasteiger partial charge >= 0.3 is 0 Å². The maximum atomic E-state index is 6.38. The first kappa shape index (κ1) is 22.7. The van der Waals surface area contributed by atoms with Crippen LogP contribution in [0.4, 0.5) is 0 Å². The molecule has 2 aromatic heterocycles. The van der Waals surface area contributed by atoms with Gasteiger partial charge in [0.05, 0.1) is 0 Å². The lowest BCUT2D eigenvalue weighted by molar-refractivity contribution is 0.660. The van der Waals surface area contributed by atoms with Crippen LogP contribution in [-0.2, 0) is 5.41 Å². The van der Waals surface area contributed by atoms with Crippen LogP contribution >= 0.6 is 0 Å². The van der Waals surface area contributed by atoms with Crippen LogP contribution in [0.2, 0.25) is 0 Å². The Labute approximate surface area is 237 Å². The Morgan fingerprint density at radius 2 is 0.854 bits per heavy atom. The predicted octanol–water partition coefficient (Wildman–Crippen LogP) is 11.1. The van der Waals surface area contributed by atoms with Gasteiger partial charge in [-0.2, -0.15) is 0 Å². The van der Waals surface area contributed by atoms with Crippen LogP contribution in [0.3, 0.4) is 0 Å². The van der Waals surface area contributed by atoms with Gasteiger partial charge in [0.15, 0.2) is 0 Å². The molecule has 1 aliphatic carbocycles. The van der Waals surface area contributed by atoms with E-state index in [0.29, 0.717) is 0 Å². The molecule has 2 nitrogen and oxygen atoms in total. The van der Waals surface area contributed by atoms with Crippen molar-refractivity contribution in [1.82, 2.24) is 0 Å². The van der Waals surface area contributed by atoms with E-state index >= 15 is 0 Å². The first-order chi connectivity index (χ1) is 20.1. The second-order valence-electron chi connectivity index (χ2n) is 11.7. The van der Waals surface area contributed by atoms with Gasteiger partial charge in [0.1, 0.15) is 22.3 Å². The zero-order chi connectivity index (χ0) is 27.3. The molecule has 0 spiro atoms. The zero-order valence-corrected chi connectivity index (χ0v) is 22.9. The molecule has 0 saturated heterocycles. The molecule has 0 unspecified atom stereocenters. The van der Waals surface area contributed by atoms with Crippen molar-refractivity contribution in [2.75, 3.05) is 0 Å². The van der Waals surface area contributed by atoms with Crippen molar-refractivity contribution in [3.05, 3.63) is 132 Å². The summed E-state index contributed by atoms with van der Waals surface area (Å²) in [5.41, 5.74) is 13.5. The predicted molar refractivity (Wildman–Crippen MR) is 169 cm³/mol. The number of hydrogen-bond acceptors (Lipinski definition) is 2. The van der Waals surface area contributed by atoms with E-state index in [2.05, 4.69) is 111 Å². The zero-order valence-electron chi connectivity index (χ0n) is 22.9. The first-order valence-electron chi connectivity index (χ1n) is 14.2. The molecule has 2 heteroatoms. The molecule has 0 aliphatic heterocycles. The lowest BCUT2D eigenvalue weighted by Crippen LogP contribution is -2.15. The summed E-state index contributed by atoms with van der Waals surface area (Å²) in [5, 5.41) is 4.63. The second-order valence-corrected chi connectivity index (χ2v) is 11.7. The summed E-state index contributed by atoms with van der Waals surface area (Å²) in [6, 6.07) is 43.3. The fraction of sp³-hybridized carbons (Fsp3) is 0.0769. The number of benzene rings is 6. The molecule has 2 heterocycles. The number of hydrogen-bond donors (Lipinski definition) is 0. The van der Waals surface area contributed by atoms with Crippen molar-refractivity contribution in [2.24, 2.45) is 0 Å². The number of furan rings is 2. The number of rotatable bonds is 2. The highest BCUT2D eigenvalue weighted by molar-refractivity contribution is 6.11. The van der Waals surface area contributed by atoms with Gasteiger partial charge in [-0.05, 0) is 57.6 Å². The van der Waals surface area contributed by atoms with Crippen molar-refractivity contribution in [2.45, 2.75) is 19.3 Å². The normalized spacial score (nSPS) is 13.8. The summed E-state index contributed by atoms with van der Waals surface area (Å²) >= 11 is 0. The second kappa shape index (κ2) is 7.99. The SMILES string of the molecule is CC1(C)c2cc(-c3cccc4c3oc3ccccc34)ccc2-c2ccc(-c3cccc4c3oc3ccccc34)cc21. The lowest BCUT2D eigenvalue weighted by Gasteiger charge is -2.22. The summed E-state index contributed by atoms with van der Waals surface area (Å²) in [5.74, 6) is 0. The van der Waals surface area contributed by atoms with E-state index in [4.69, 9.17) is 8.83 Å². The Balaban J connectivity index is 1.19. The van der Waals surface area contributed by atoms with Crippen molar-refractivity contribution in [3.63, 3.8) is 0 Å². The monoisotopic (exact) mass is 526 g/mol. The molecule has 0 radical (unpaired) electrons. The molecule has 0 N–H and O–H groups in total.